The number of aldehydes is 1. The third-order valence-corrected chi connectivity index (χ3v) is 3.50. The quantitative estimate of drug-likeness (QED) is 0.573. The Bertz CT molecular complexity index is 310. The fraction of sp³-hybridized carbons (Fsp3) is 0.125. The average molecular weight is 296 g/mol. The van der Waals surface area contributed by atoms with Crippen molar-refractivity contribution < 1.29 is 9.18 Å². The molecule has 0 spiro atoms. The van der Waals surface area contributed by atoms with Gasteiger partial charge in [0.15, 0.2) is 6.29 Å². The lowest BCUT2D eigenvalue weighted by molar-refractivity contribution is 0.111. The first-order chi connectivity index (χ1) is 5.57. The molecule has 1 nitrogen and oxygen atoms in total. The van der Waals surface area contributed by atoms with Gasteiger partial charge in [0, 0.05) is 8.95 Å². The molecular formula is C8H5Br2FO. The SMILES string of the molecule is Cc1cc(Br)c(Br)c(C=O)c1F. The lowest BCUT2D eigenvalue weighted by atomic mass is 10.1. The van der Waals surface area contributed by atoms with E-state index in [0.29, 0.717) is 20.8 Å². The maximum Gasteiger partial charge on any atom is 0.154 e. The number of hydrogen-bond acceptors (Lipinski definition) is 1. The Balaban J connectivity index is 3.52. The van der Waals surface area contributed by atoms with E-state index in [2.05, 4.69) is 31.9 Å². The number of hydrogen-bond donors (Lipinski definition) is 0. The van der Waals surface area contributed by atoms with Gasteiger partial charge in [0.05, 0.1) is 5.56 Å². The monoisotopic (exact) mass is 294 g/mol. The Hall–Kier alpha value is -0.220. The van der Waals surface area contributed by atoms with E-state index in [0.717, 1.165) is 0 Å². The van der Waals surface area contributed by atoms with Crippen molar-refractivity contribution in [1.82, 2.24) is 0 Å². The molecule has 0 saturated carbocycles. The number of benzene rings is 1. The Kier molecular flexibility index (Phi) is 3.01. The first-order valence-corrected chi connectivity index (χ1v) is 4.75. The topological polar surface area (TPSA) is 17.1 Å². The van der Waals surface area contributed by atoms with Gasteiger partial charge in [-0.15, -0.1) is 0 Å². The molecule has 0 bridgehead atoms. The minimum Gasteiger partial charge on any atom is -0.298 e. The van der Waals surface area contributed by atoms with E-state index in [9.17, 15) is 9.18 Å². The summed E-state index contributed by atoms with van der Waals surface area (Å²) in [5.74, 6) is -0.472. The number of halogens is 3. The highest BCUT2D eigenvalue weighted by Gasteiger charge is 2.11. The van der Waals surface area contributed by atoms with Crippen LogP contribution in [0.4, 0.5) is 4.39 Å². The van der Waals surface area contributed by atoms with Crippen molar-refractivity contribution in [2.45, 2.75) is 6.92 Å². The van der Waals surface area contributed by atoms with Crippen LogP contribution in [0.15, 0.2) is 15.0 Å². The van der Waals surface area contributed by atoms with E-state index in [1.807, 2.05) is 0 Å². The number of rotatable bonds is 1. The third kappa shape index (κ3) is 1.59. The molecule has 64 valence electrons. The molecule has 1 aromatic rings. The number of aryl methyl sites for hydroxylation is 1. The minimum absolute atomic E-state index is 0.0573. The van der Waals surface area contributed by atoms with E-state index < -0.39 is 5.82 Å². The largest absolute Gasteiger partial charge is 0.298 e. The molecule has 0 saturated heterocycles. The predicted molar refractivity (Wildman–Crippen MR) is 51.9 cm³/mol. The highest BCUT2D eigenvalue weighted by atomic mass is 79.9. The molecule has 0 fully saturated rings. The Morgan fingerprint density at radius 3 is 2.58 bits per heavy atom. The van der Waals surface area contributed by atoms with Gasteiger partial charge >= 0.3 is 0 Å². The van der Waals surface area contributed by atoms with Crippen LogP contribution in [0, 0.1) is 12.7 Å². The Morgan fingerprint density at radius 1 is 1.50 bits per heavy atom. The van der Waals surface area contributed by atoms with E-state index >= 15 is 0 Å². The normalized spacial score (nSPS) is 10.0. The van der Waals surface area contributed by atoms with Crippen LogP contribution in [0.2, 0.25) is 0 Å². The van der Waals surface area contributed by atoms with Crippen molar-refractivity contribution in [3.05, 3.63) is 32.0 Å². The van der Waals surface area contributed by atoms with Crippen LogP contribution in [0.3, 0.4) is 0 Å². The molecule has 12 heavy (non-hydrogen) atoms. The van der Waals surface area contributed by atoms with Gasteiger partial charge in [-0.3, -0.25) is 4.79 Å². The van der Waals surface area contributed by atoms with Gasteiger partial charge in [-0.1, -0.05) is 0 Å². The van der Waals surface area contributed by atoms with Crippen molar-refractivity contribution in [2.24, 2.45) is 0 Å². The van der Waals surface area contributed by atoms with Crippen molar-refractivity contribution in [1.29, 1.82) is 0 Å². The highest BCUT2D eigenvalue weighted by Crippen LogP contribution is 2.29. The standard InChI is InChI=1S/C8H5Br2FO/c1-4-2-6(9)7(10)5(3-12)8(4)11/h2-3H,1H3. The molecule has 0 atom stereocenters. The van der Waals surface area contributed by atoms with Crippen LogP contribution >= 0.6 is 31.9 Å². The number of carbonyl (C=O) groups is 1. The zero-order valence-electron chi connectivity index (χ0n) is 6.20. The van der Waals surface area contributed by atoms with Crippen LogP contribution in [0.5, 0.6) is 0 Å². The first kappa shape index (κ1) is 9.86. The molecule has 1 aromatic carbocycles. The molecule has 1 rings (SSSR count). The summed E-state index contributed by atoms with van der Waals surface area (Å²) in [5, 5.41) is 0. The molecule has 0 amide bonds. The zero-order valence-corrected chi connectivity index (χ0v) is 9.37. The Morgan fingerprint density at radius 2 is 2.08 bits per heavy atom. The summed E-state index contributed by atoms with van der Waals surface area (Å²) in [7, 11) is 0. The molecule has 0 unspecified atom stereocenters. The predicted octanol–water partition coefficient (Wildman–Crippen LogP) is 3.47. The molecule has 0 radical (unpaired) electrons. The molecule has 0 aliphatic rings. The Labute approximate surface area is 86.2 Å². The van der Waals surface area contributed by atoms with Gasteiger partial charge in [-0.2, -0.15) is 0 Å². The van der Waals surface area contributed by atoms with E-state index in [1.165, 1.54) is 0 Å². The molecule has 0 aliphatic heterocycles. The molecule has 0 N–H and O–H groups in total. The summed E-state index contributed by atoms with van der Waals surface area (Å²) in [6.07, 6.45) is 0.497. The van der Waals surface area contributed by atoms with Gasteiger partial charge in [-0.05, 0) is 50.4 Å². The van der Waals surface area contributed by atoms with E-state index in [4.69, 9.17) is 0 Å². The first-order valence-electron chi connectivity index (χ1n) is 3.17. The van der Waals surface area contributed by atoms with Crippen molar-refractivity contribution in [2.75, 3.05) is 0 Å². The van der Waals surface area contributed by atoms with E-state index in [-0.39, 0.29) is 5.56 Å². The maximum atomic E-state index is 13.2. The van der Waals surface area contributed by atoms with Crippen molar-refractivity contribution in [3.8, 4) is 0 Å². The van der Waals surface area contributed by atoms with Gasteiger partial charge < -0.3 is 0 Å². The van der Waals surface area contributed by atoms with Crippen LogP contribution in [0.1, 0.15) is 15.9 Å². The van der Waals surface area contributed by atoms with Gasteiger partial charge in [0.1, 0.15) is 5.82 Å². The summed E-state index contributed by atoms with van der Waals surface area (Å²) in [5.41, 5.74) is 0.508. The van der Waals surface area contributed by atoms with Crippen LogP contribution in [-0.4, -0.2) is 6.29 Å². The van der Waals surface area contributed by atoms with E-state index in [1.54, 1.807) is 13.0 Å². The smallest absolute Gasteiger partial charge is 0.154 e. The van der Waals surface area contributed by atoms with Crippen LogP contribution in [0.25, 0.3) is 0 Å². The molecule has 0 heterocycles. The highest BCUT2D eigenvalue weighted by molar-refractivity contribution is 9.13. The fourth-order valence-electron chi connectivity index (χ4n) is 0.858. The van der Waals surface area contributed by atoms with Crippen LogP contribution < -0.4 is 0 Å². The summed E-state index contributed by atoms with van der Waals surface area (Å²) < 4.78 is 14.3. The average Bonchev–Trinajstić information content (AvgIpc) is 2.02. The summed E-state index contributed by atoms with van der Waals surface area (Å²) >= 11 is 6.31. The summed E-state index contributed by atoms with van der Waals surface area (Å²) in [6.45, 7) is 1.61. The van der Waals surface area contributed by atoms with Gasteiger partial charge in [0.25, 0.3) is 0 Å². The van der Waals surface area contributed by atoms with Gasteiger partial charge in [-0.25, -0.2) is 4.39 Å². The van der Waals surface area contributed by atoms with Crippen molar-refractivity contribution in [3.63, 3.8) is 0 Å². The second-order valence-electron chi connectivity index (χ2n) is 2.33. The fourth-order valence-corrected chi connectivity index (χ4v) is 1.80. The summed E-state index contributed by atoms with van der Waals surface area (Å²) in [4.78, 5) is 10.5. The third-order valence-electron chi connectivity index (χ3n) is 1.49. The molecule has 0 aliphatic carbocycles. The molecule has 0 aromatic heterocycles. The van der Waals surface area contributed by atoms with Crippen molar-refractivity contribution >= 4 is 38.1 Å². The second-order valence-corrected chi connectivity index (χ2v) is 3.98. The maximum absolute atomic E-state index is 13.2. The lowest BCUT2D eigenvalue weighted by Gasteiger charge is -2.04. The molecular weight excluding hydrogens is 291 g/mol. The lowest BCUT2D eigenvalue weighted by Crippen LogP contribution is -1.94. The van der Waals surface area contributed by atoms with Gasteiger partial charge in [0.2, 0.25) is 0 Å². The summed E-state index contributed by atoms with van der Waals surface area (Å²) in [6, 6.07) is 1.62. The zero-order chi connectivity index (χ0) is 9.30. The second kappa shape index (κ2) is 3.66. The minimum atomic E-state index is -0.472. The molecule has 4 heteroatoms. The van der Waals surface area contributed by atoms with Crippen LogP contribution in [-0.2, 0) is 0 Å². The number of carbonyl (C=O) groups excluding carboxylic acids is 1.